The maximum absolute atomic E-state index is 5.59. The molecule has 118 valence electrons. The zero-order valence-corrected chi connectivity index (χ0v) is 12.4. The van der Waals surface area contributed by atoms with Gasteiger partial charge in [-0.25, -0.2) is 0 Å². The third-order valence-electron chi connectivity index (χ3n) is 3.48. The molecule has 0 saturated carbocycles. The summed E-state index contributed by atoms with van der Waals surface area (Å²) in [4.78, 5) is 0. The Kier molecular flexibility index (Phi) is 3.75. The third kappa shape index (κ3) is 3.08. The molecule has 2 aliphatic heterocycles. The lowest BCUT2D eigenvalue weighted by Gasteiger charge is -2.19. The Labute approximate surface area is 134 Å². The van der Waals surface area contributed by atoms with Crippen LogP contribution in [-0.4, -0.2) is 34.1 Å². The van der Waals surface area contributed by atoms with Crippen molar-refractivity contribution in [3.8, 4) is 34.5 Å². The van der Waals surface area contributed by atoms with E-state index >= 15 is 0 Å². The van der Waals surface area contributed by atoms with E-state index in [0.717, 1.165) is 11.5 Å². The fourth-order valence-electron chi connectivity index (χ4n) is 2.39. The number of hydrogen-bond donors (Lipinski definition) is 0. The van der Waals surface area contributed by atoms with Crippen LogP contribution in [0.5, 0.6) is 34.5 Å². The van der Waals surface area contributed by atoms with Gasteiger partial charge in [-0.1, -0.05) is 0 Å². The average Bonchev–Trinajstić information content (AvgIpc) is 2.61. The van der Waals surface area contributed by atoms with Crippen LogP contribution in [-0.2, 0) is 0 Å². The van der Waals surface area contributed by atoms with E-state index in [0.29, 0.717) is 49.4 Å². The van der Waals surface area contributed by atoms with Gasteiger partial charge in [0.2, 0.25) is 0 Å². The maximum atomic E-state index is 5.59. The van der Waals surface area contributed by atoms with Crippen molar-refractivity contribution >= 4 is 7.69 Å². The van der Waals surface area contributed by atoms with E-state index in [2.05, 4.69) is 0 Å². The minimum atomic E-state index is 0.0826. The van der Waals surface area contributed by atoms with Crippen LogP contribution < -0.4 is 28.3 Å². The molecule has 0 radical (unpaired) electrons. The SMILES string of the molecule is B(Oc1ccc2c(c1)OCCO2)Oc1ccc2c(c1)OCCO2. The molecule has 4 rings (SSSR count). The summed E-state index contributed by atoms with van der Waals surface area (Å²) in [7, 11) is 0.0826. The van der Waals surface area contributed by atoms with Crippen LogP contribution in [0.4, 0.5) is 0 Å². The predicted molar refractivity (Wildman–Crippen MR) is 83.3 cm³/mol. The van der Waals surface area contributed by atoms with Crippen LogP contribution in [0, 0.1) is 0 Å². The molecule has 2 heterocycles. The van der Waals surface area contributed by atoms with Gasteiger partial charge in [-0.2, -0.15) is 0 Å². The van der Waals surface area contributed by atoms with Gasteiger partial charge in [0.1, 0.15) is 37.9 Å². The molecule has 7 heteroatoms. The van der Waals surface area contributed by atoms with Crippen molar-refractivity contribution in [2.24, 2.45) is 0 Å². The van der Waals surface area contributed by atoms with E-state index in [1.807, 2.05) is 24.3 Å². The fourth-order valence-corrected chi connectivity index (χ4v) is 2.39. The molecule has 0 fully saturated rings. The van der Waals surface area contributed by atoms with Gasteiger partial charge in [0, 0.05) is 12.1 Å². The normalized spacial score (nSPS) is 14.8. The Balaban J connectivity index is 1.36. The second-order valence-corrected chi connectivity index (χ2v) is 5.02. The molecule has 0 spiro atoms. The van der Waals surface area contributed by atoms with Crippen molar-refractivity contribution in [1.29, 1.82) is 0 Å². The highest BCUT2D eigenvalue weighted by atomic mass is 16.6. The van der Waals surface area contributed by atoms with Crippen molar-refractivity contribution in [1.82, 2.24) is 0 Å². The van der Waals surface area contributed by atoms with Crippen LogP contribution in [0.3, 0.4) is 0 Å². The van der Waals surface area contributed by atoms with Gasteiger partial charge in [0.05, 0.1) is 0 Å². The molecule has 2 aliphatic rings. The second kappa shape index (κ2) is 6.20. The number of fused-ring (bicyclic) bond motifs is 2. The van der Waals surface area contributed by atoms with Gasteiger partial charge in [-0.05, 0) is 24.3 Å². The first-order chi connectivity index (χ1) is 11.4. The molecule has 0 unspecified atom stereocenters. The standard InChI is InChI=1S/C16H15BO6/c1-3-13-15(20-7-5-18-13)9-11(1)22-17-23-12-2-4-14-16(10-12)21-8-6-19-14/h1-4,9-10,17H,5-8H2. The summed E-state index contributed by atoms with van der Waals surface area (Å²) >= 11 is 0. The predicted octanol–water partition coefficient (Wildman–Crippen LogP) is 1.95. The molecule has 23 heavy (non-hydrogen) atoms. The molecule has 0 amide bonds. The largest absolute Gasteiger partial charge is 0.576 e. The first-order valence-electron chi connectivity index (χ1n) is 7.43. The summed E-state index contributed by atoms with van der Waals surface area (Å²) < 4.78 is 33.1. The highest BCUT2D eigenvalue weighted by molar-refractivity contribution is 6.20. The van der Waals surface area contributed by atoms with Gasteiger partial charge in [-0.15, -0.1) is 0 Å². The van der Waals surface area contributed by atoms with Crippen molar-refractivity contribution in [3.63, 3.8) is 0 Å². The summed E-state index contributed by atoms with van der Waals surface area (Å²) in [6.07, 6.45) is 0. The number of ether oxygens (including phenoxy) is 4. The second-order valence-electron chi connectivity index (χ2n) is 5.02. The van der Waals surface area contributed by atoms with Crippen LogP contribution >= 0.6 is 0 Å². The van der Waals surface area contributed by atoms with Gasteiger partial charge in [-0.3, -0.25) is 0 Å². The van der Waals surface area contributed by atoms with Gasteiger partial charge < -0.3 is 28.3 Å². The van der Waals surface area contributed by atoms with E-state index < -0.39 is 0 Å². The van der Waals surface area contributed by atoms with Crippen LogP contribution in [0.15, 0.2) is 36.4 Å². The van der Waals surface area contributed by atoms with Crippen molar-refractivity contribution in [3.05, 3.63) is 36.4 Å². The highest BCUT2D eigenvalue weighted by Crippen LogP contribution is 2.34. The van der Waals surface area contributed by atoms with Crippen LogP contribution in [0.1, 0.15) is 0 Å². The van der Waals surface area contributed by atoms with Crippen molar-refractivity contribution in [2.75, 3.05) is 26.4 Å². The molecule has 0 bridgehead atoms. The summed E-state index contributed by atoms with van der Waals surface area (Å²) in [6, 6.07) is 10.9. The zero-order chi connectivity index (χ0) is 15.5. The van der Waals surface area contributed by atoms with Crippen molar-refractivity contribution < 1.29 is 28.3 Å². The topological polar surface area (TPSA) is 55.4 Å². The Morgan fingerprint density at radius 1 is 0.609 bits per heavy atom. The summed E-state index contributed by atoms with van der Waals surface area (Å²) in [5.74, 6) is 4.16. The van der Waals surface area contributed by atoms with Crippen molar-refractivity contribution in [2.45, 2.75) is 0 Å². The molecule has 2 aromatic rings. The highest BCUT2D eigenvalue weighted by Gasteiger charge is 2.14. The molecule has 0 atom stereocenters. The van der Waals surface area contributed by atoms with E-state index in [9.17, 15) is 0 Å². The monoisotopic (exact) mass is 314 g/mol. The molecule has 6 nitrogen and oxygen atoms in total. The molecular weight excluding hydrogens is 299 g/mol. The van der Waals surface area contributed by atoms with E-state index in [4.69, 9.17) is 28.3 Å². The summed E-state index contributed by atoms with van der Waals surface area (Å²) in [5.41, 5.74) is 0. The fraction of sp³-hybridized carbons (Fsp3) is 0.250. The van der Waals surface area contributed by atoms with E-state index in [1.165, 1.54) is 0 Å². The zero-order valence-electron chi connectivity index (χ0n) is 12.4. The summed E-state index contributed by atoms with van der Waals surface area (Å²) in [6.45, 7) is 2.23. The summed E-state index contributed by atoms with van der Waals surface area (Å²) in [5, 5.41) is 0. The van der Waals surface area contributed by atoms with Gasteiger partial charge in [0.25, 0.3) is 0 Å². The van der Waals surface area contributed by atoms with Crippen LogP contribution in [0.2, 0.25) is 0 Å². The maximum Gasteiger partial charge on any atom is 0.576 e. The average molecular weight is 314 g/mol. The lowest BCUT2D eigenvalue weighted by atomic mass is 10.2. The number of rotatable bonds is 4. The Morgan fingerprint density at radius 3 is 1.52 bits per heavy atom. The van der Waals surface area contributed by atoms with Gasteiger partial charge in [0.15, 0.2) is 23.0 Å². The number of hydrogen-bond acceptors (Lipinski definition) is 6. The molecular formula is C16H15BO6. The van der Waals surface area contributed by atoms with E-state index in [-0.39, 0.29) is 7.69 Å². The molecule has 0 aromatic heterocycles. The van der Waals surface area contributed by atoms with E-state index in [1.54, 1.807) is 12.1 Å². The first kappa shape index (κ1) is 13.9. The lowest BCUT2D eigenvalue weighted by Crippen LogP contribution is -2.16. The molecule has 0 aliphatic carbocycles. The Hall–Kier alpha value is -2.70. The molecule has 0 saturated heterocycles. The Morgan fingerprint density at radius 2 is 1.04 bits per heavy atom. The van der Waals surface area contributed by atoms with Crippen LogP contribution in [0.25, 0.3) is 0 Å². The molecule has 2 aromatic carbocycles. The minimum absolute atomic E-state index is 0.0826. The first-order valence-corrected chi connectivity index (χ1v) is 7.43. The van der Waals surface area contributed by atoms with Gasteiger partial charge >= 0.3 is 7.69 Å². The third-order valence-corrected chi connectivity index (χ3v) is 3.48. The quantitative estimate of drug-likeness (QED) is 0.804. The smallest absolute Gasteiger partial charge is 0.528 e. The lowest BCUT2D eigenvalue weighted by molar-refractivity contribution is 0.171. The number of benzene rings is 2. The minimum Gasteiger partial charge on any atom is -0.528 e. The molecule has 0 N–H and O–H groups in total. The Bertz CT molecular complexity index is 645.